The van der Waals surface area contributed by atoms with Crippen LogP contribution in [0.5, 0.6) is 0 Å². The molecule has 1 heteroatoms. The molecule has 0 aliphatic rings. The van der Waals surface area contributed by atoms with Crippen LogP contribution in [0.4, 0.5) is 0 Å². The van der Waals surface area contributed by atoms with Gasteiger partial charge in [-0.15, -0.1) is 0 Å². The minimum Gasteiger partial charge on any atom is -0.382 e. The zero-order valence-corrected chi connectivity index (χ0v) is 7.48. The van der Waals surface area contributed by atoms with E-state index in [0.29, 0.717) is 6.10 Å². The number of hydrogen-bond donors (Lipinski definition) is 0. The normalized spacial score (nSPS) is 15.4. The molecule has 0 aliphatic carbocycles. The van der Waals surface area contributed by atoms with Crippen LogP contribution in [0.15, 0.2) is 11.6 Å². The molecule has 0 radical (unpaired) electrons. The Balaban J connectivity index is 3.35. The molecule has 0 spiro atoms. The maximum absolute atomic E-state index is 5.12. The molecule has 0 amide bonds. The van der Waals surface area contributed by atoms with Crippen molar-refractivity contribution in [2.45, 2.75) is 39.7 Å². The Morgan fingerprint density at radius 2 is 2.20 bits per heavy atom. The van der Waals surface area contributed by atoms with Crippen LogP contribution >= 0.6 is 0 Å². The molecule has 10 heavy (non-hydrogen) atoms. The largest absolute Gasteiger partial charge is 0.382 e. The Labute approximate surface area is 64.1 Å². The Morgan fingerprint density at radius 1 is 1.60 bits per heavy atom. The van der Waals surface area contributed by atoms with E-state index in [1.807, 2.05) is 0 Å². The van der Waals surface area contributed by atoms with E-state index in [9.17, 15) is 0 Å². The van der Waals surface area contributed by atoms with Gasteiger partial charge in [-0.05, 0) is 33.6 Å². The third kappa shape index (κ3) is 4.57. The summed E-state index contributed by atoms with van der Waals surface area (Å²) in [7, 11) is 1.76. The number of ether oxygens (including phenoxy) is 1. The van der Waals surface area contributed by atoms with Crippen molar-refractivity contribution in [1.82, 2.24) is 0 Å². The molecule has 0 bridgehead atoms. The second-order valence-electron chi connectivity index (χ2n) is 2.72. The van der Waals surface area contributed by atoms with E-state index in [1.165, 1.54) is 5.57 Å². The van der Waals surface area contributed by atoms with Crippen molar-refractivity contribution in [3.05, 3.63) is 11.6 Å². The smallest absolute Gasteiger partial charge is 0.0546 e. The van der Waals surface area contributed by atoms with Gasteiger partial charge in [-0.2, -0.15) is 0 Å². The van der Waals surface area contributed by atoms with Crippen LogP contribution < -0.4 is 0 Å². The van der Waals surface area contributed by atoms with Crippen LogP contribution in [0.1, 0.15) is 33.6 Å². The first-order valence-electron chi connectivity index (χ1n) is 3.85. The van der Waals surface area contributed by atoms with Crippen molar-refractivity contribution in [2.24, 2.45) is 0 Å². The minimum absolute atomic E-state index is 0.398. The minimum atomic E-state index is 0.398. The second-order valence-corrected chi connectivity index (χ2v) is 2.72. The van der Waals surface area contributed by atoms with Crippen LogP contribution in [-0.4, -0.2) is 13.2 Å². The highest BCUT2D eigenvalue weighted by atomic mass is 16.5. The van der Waals surface area contributed by atoms with Gasteiger partial charge < -0.3 is 4.74 Å². The van der Waals surface area contributed by atoms with Crippen LogP contribution in [0.25, 0.3) is 0 Å². The fourth-order valence-electron chi connectivity index (χ4n) is 0.693. The molecule has 0 aromatic rings. The second kappa shape index (κ2) is 5.48. The van der Waals surface area contributed by atoms with Gasteiger partial charge in [0.2, 0.25) is 0 Å². The third-order valence-corrected chi connectivity index (χ3v) is 1.84. The molecule has 0 fully saturated rings. The number of allylic oxidation sites excluding steroid dienone is 2. The summed E-state index contributed by atoms with van der Waals surface area (Å²) in [5.41, 5.74) is 1.45. The molecule has 0 rings (SSSR count). The molecule has 1 unspecified atom stereocenters. The molecule has 0 aromatic carbocycles. The quantitative estimate of drug-likeness (QED) is 0.548. The Bertz CT molecular complexity index is 105. The van der Waals surface area contributed by atoms with E-state index in [4.69, 9.17) is 4.74 Å². The van der Waals surface area contributed by atoms with Crippen molar-refractivity contribution >= 4 is 0 Å². The molecule has 60 valence electrons. The fraction of sp³-hybridized carbons (Fsp3) is 0.778. The molecule has 0 aromatic heterocycles. The van der Waals surface area contributed by atoms with E-state index >= 15 is 0 Å². The van der Waals surface area contributed by atoms with E-state index < -0.39 is 0 Å². The van der Waals surface area contributed by atoms with Gasteiger partial charge >= 0.3 is 0 Å². The first-order valence-corrected chi connectivity index (χ1v) is 3.85. The van der Waals surface area contributed by atoms with Gasteiger partial charge in [-0.3, -0.25) is 0 Å². The third-order valence-electron chi connectivity index (χ3n) is 1.84. The highest BCUT2D eigenvalue weighted by molar-refractivity contribution is 4.95. The maximum Gasteiger partial charge on any atom is 0.0546 e. The lowest BCUT2D eigenvalue weighted by Gasteiger charge is -2.08. The molecule has 0 aliphatic heterocycles. The van der Waals surface area contributed by atoms with Gasteiger partial charge in [0, 0.05) is 7.11 Å². The zero-order chi connectivity index (χ0) is 7.98. The molecule has 0 N–H and O–H groups in total. The van der Waals surface area contributed by atoms with Gasteiger partial charge in [-0.25, -0.2) is 0 Å². The zero-order valence-electron chi connectivity index (χ0n) is 7.48. The van der Waals surface area contributed by atoms with Gasteiger partial charge in [0.1, 0.15) is 0 Å². The van der Waals surface area contributed by atoms with Crippen molar-refractivity contribution in [3.63, 3.8) is 0 Å². The summed E-state index contributed by atoms with van der Waals surface area (Å²) in [5.74, 6) is 0. The summed E-state index contributed by atoms with van der Waals surface area (Å²) < 4.78 is 5.12. The average molecular weight is 142 g/mol. The van der Waals surface area contributed by atoms with Gasteiger partial charge in [0.15, 0.2) is 0 Å². The van der Waals surface area contributed by atoms with Crippen LogP contribution in [-0.2, 0) is 4.74 Å². The maximum atomic E-state index is 5.12. The first kappa shape index (κ1) is 9.70. The molecule has 1 nitrogen and oxygen atoms in total. The summed E-state index contributed by atoms with van der Waals surface area (Å²) in [4.78, 5) is 0. The van der Waals surface area contributed by atoms with E-state index in [2.05, 4.69) is 26.8 Å². The SMILES string of the molecule is CC=C(C)CCC(C)OC. The number of rotatable bonds is 4. The Hall–Kier alpha value is -0.300. The average Bonchev–Trinajstić information content (AvgIpc) is 1.99. The van der Waals surface area contributed by atoms with Crippen molar-refractivity contribution in [3.8, 4) is 0 Å². The standard InChI is InChI=1S/C9H18O/c1-5-8(2)6-7-9(3)10-4/h5,9H,6-7H2,1-4H3. The van der Waals surface area contributed by atoms with E-state index in [1.54, 1.807) is 7.11 Å². The first-order chi connectivity index (χ1) is 4.70. The Morgan fingerprint density at radius 3 is 2.60 bits per heavy atom. The molecular weight excluding hydrogens is 124 g/mol. The predicted octanol–water partition coefficient (Wildman–Crippen LogP) is 2.77. The van der Waals surface area contributed by atoms with Gasteiger partial charge in [0.05, 0.1) is 6.10 Å². The van der Waals surface area contributed by atoms with Crippen molar-refractivity contribution in [1.29, 1.82) is 0 Å². The highest BCUT2D eigenvalue weighted by Crippen LogP contribution is 2.07. The fourth-order valence-corrected chi connectivity index (χ4v) is 0.693. The van der Waals surface area contributed by atoms with E-state index in [-0.39, 0.29) is 0 Å². The monoisotopic (exact) mass is 142 g/mol. The lowest BCUT2D eigenvalue weighted by molar-refractivity contribution is 0.111. The van der Waals surface area contributed by atoms with E-state index in [0.717, 1.165) is 12.8 Å². The number of hydrogen-bond acceptors (Lipinski definition) is 1. The van der Waals surface area contributed by atoms with Crippen LogP contribution in [0, 0.1) is 0 Å². The topological polar surface area (TPSA) is 9.23 Å². The summed E-state index contributed by atoms with van der Waals surface area (Å²) in [6, 6.07) is 0. The molecule has 0 saturated carbocycles. The Kier molecular flexibility index (Phi) is 5.32. The summed E-state index contributed by atoms with van der Waals surface area (Å²) >= 11 is 0. The molecular formula is C9H18O. The van der Waals surface area contributed by atoms with Gasteiger partial charge in [-0.1, -0.05) is 11.6 Å². The van der Waals surface area contributed by atoms with Crippen LogP contribution in [0.2, 0.25) is 0 Å². The summed E-state index contributed by atoms with van der Waals surface area (Å²) in [5, 5.41) is 0. The molecule has 0 saturated heterocycles. The predicted molar refractivity (Wildman–Crippen MR) is 45.1 cm³/mol. The van der Waals surface area contributed by atoms with Crippen molar-refractivity contribution in [2.75, 3.05) is 7.11 Å². The summed E-state index contributed by atoms with van der Waals surface area (Å²) in [6.07, 6.45) is 4.84. The van der Waals surface area contributed by atoms with Gasteiger partial charge in [0.25, 0.3) is 0 Å². The van der Waals surface area contributed by atoms with Crippen LogP contribution in [0.3, 0.4) is 0 Å². The lowest BCUT2D eigenvalue weighted by Crippen LogP contribution is -2.03. The summed E-state index contributed by atoms with van der Waals surface area (Å²) in [6.45, 7) is 6.33. The molecule has 0 heterocycles. The molecule has 1 atom stereocenters. The van der Waals surface area contributed by atoms with Crippen molar-refractivity contribution < 1.29 is 4.74 Å². The highest BCUT2D eigenvalue weighted by Gasteiger charge is 1.97. The lowest BCUT2D eigenvalue weighted by atomic mass is 10.1. The number of methoxy groups -OCH3 is 1.